The molecule has 1 aliphatic carbocycles. The van der Waals surface area contributed by atoms with Gasteiger partial charge in [-0.2, -0.15) is 4.39 Å². The van der Waals surface area contributed by atoms with Crippen molar-refractivity contribution in [2.75, 3.05) is 10.6 Å². The Morgan fingerprint density at radius 1 is 1.27 bits per heavy atom. The summed E-state index contributed by atoms with van der Waals surface area (Å²) >= 11 is 0. The van der Waals surface area contributed by atoms with Crippen LogP contribution in [0.15, 0.2) is 24.3 Å². The predicted molar refractivity (Wildman–Crippen MR) is 110 cm³/mol. The van der Waals surface area contributed by atoms with Gasteiger partial charge in [-0.15, -0.1) is 5.10 Å². The number of pyridine rings is 1. The fourth-order valence-electron chi connectivity index (χ4n) is 3.60. The number of nitrogens with two attached hydrogens (primary N) is 2. The van der Waals surface area contributed by atoms with Crippen molar-refractivity contribution >= 4 is 34.1 Å². The molecule has 2 heterocycles. The largest absolute Gasteiger partial charge is 0.365 e. The minimum Gasteiger partial charge on any atom is -0.365 e. The molecule has 0 unspecified atom stereocenters. The molecule has 30 heavy (non-hydrogen) atoms. The summed E-state index contributed by atoms with van der Waals surface area (Å²) in [6.45, 7) is 1.85. The van der Waals surface area contributed by atoms with Crippen LogP contribution in [0, 0.1) is 17.7 Å². The second kappa shape index (κ2) is 7.52. The molecule has 6 N–H and O–H groups in total. The molecule has 0 bridgehead atoms. The summed E-state index contributed by atoms with van der Waals surface area (Å²) in [6, 6.07) is 5.59. The lowest BCUT2D eigenvalue weighted by Gasteiger charge is -2.23. The smallest absolute Gasteiger partial charge is 0.252 e. The number of hydrogen-bond acceptors (Lipinski definition) is 6. The number of hydrogen-bond donors (Lipinski definition) is 4. The Morgan fingerprint density at radius 3 is 2.63 bits per heavy atom. The summed E-state index contributed by atoms with van der Waals surface area (Å²) in [5.74, 6) is -1.76. The maximum atomic E-state index is 14.6. The van der Waals surface area contributed by atoms with Crippen LogP contribution in [0.2, 0.25) is 0 Å². The number of aryl methyl sites for hydroxylation is 1. The first-order valence-corrected chi connectivity index (χ1v) is 9.66. The van der Waals surface area contributed by atoms with E-state index in [1.165, 1.54) is 10.7 Å². The van der Waals surface area contributed by atoms with Gasteiger partial charge in [-0.3, -0.25) is 9.48 Å². The van der Waals surface area contributed by atoms with Gasteiger partial charge in [0, 0.05) is 24.8 Å². The van der Waals surface area contributed by atoms with Gasteiger partial charge in [-0.05, 0) is 49.9 Å². The summed E-state index contributed by atoms with van der Waals surface area (Å²) in [5, 5.41) is 10.1. The summed E-state index contributed by atoms with van der Waals surface area (Å²) in [5.41, 5.74) is 12.4. The molecule has 1 amide bonds. The highest BCUT2D eigenvalue weighted by Crippen LogP contribution is 2.36. The lowest BCUT2D eigenvalue weighted by molar-refractivity contribution is 0.100. The lowest BCUT2D eigenvalue weighted by Crippen LogP contribution is -2.40. The molecule has 3 aromatic rings. The molecule has 10 heteroatoms. The van der Waals surface area contributed by atoms with Crippen LogP contribution in [0.4, 0.5) is 26.1 Å². The van der Waals surface area contributed by atoms with Crippen LogP contribution in [-0.4, -0.2) is 32.8 Å². The van der Waals surface area contributed by atoms with Crippen molar-refractivity contribution in [2.24, 2.45) is 24.4 Å². The van der Waals surface area contributed by atoms with E-state index < -0.39 is 17.7 Å². The molecule has 1 saturated carbocycles. The molecular weight excluding hydrogens is 392 g/mol. The first-order valence-electron chi connectivity index (χ1n) is 9.66. The third-order valence-electron chi connectivity index (χ3n) is 5.31. The second-order valence-electron chi connectivity index (χ2n) is 7.72. The quantitative estimate of drug-likeness (QED) is 0.470. The molecule has 4 rings (SSSR count). The molecule has 158 valence electrons. The SMILES string of the molecule is C[C@H](N)[C@H](Nc1nc(Nc2ccc3c(c2)c(F)nn3C)c(C(N)=O)cc1F)C1CC1. The van der Waals surface area contributed by atoms with E-state index in [4.69, 9.17) is 11.5 Å². The predicted octanol–water partition coefficient (Wildman–Crippen LogP) is 2.63. The van der Waals surface area contributed by atoms with E-state index in [1.54, 1.807) is 19.2 Å². The number of carbonyl (C=O) groups excluding carboxylic acids is 1. The van der Waals surface area contributed by atoms with Gasteiger partial charge in [0.2, 0.25) is 5.95 Å². The zero-order valence-electron chi connectivity index (χ0n) is 16.6. The molecule has 1 fully saturated rings. The van der Waals surface area contributed by atoms with Crippen molar-refractivity contribution in [3.8, 4) is 0 Å². The summed E-state index contributed by atoms with van der Waals surface area (Å²) in [4.78, 5) is 16.1. The van der Waals surface area contributed by atoms with Gasteiger partial charge < -0.3 is 22.1 Å². The Bertz CT molecular complexity index is 1120. The van der Waals surface area contributed by atoms with E-state index in [-0.39, 0.29) is 29.3 Å². The molecule has 0 radical (unpaired) electrons. The molecule has 0 saturated heterocycles. The van der Waals surface area contributed by atoms with Gasteiger partial charge in [0.15, 0.2) is 11.6 Å². The minimum atomic E-state index is -0.838. The molecule has 1 aliphatic rings. The maximum absolute atomic E-state index is 14.6. The molecule has 2 aromatic heterocycles. The Kier molecular flexibility index (Phi) is 5.02. The summed E-state index contributed by atoms with van der Waals surface area (Å²) in [6.07, 6.45) is 2.03. The van der Waals surface area contributed by atoms with E-state index in [2.05, 4.69) is 20.7 Å². The van der Waals surface area contributed by atoms with Gasteiger partial charge in [0.25, 0.3) is 5.91 Å². The molecule has 0 spiro atoms. The molecule has 2 atom stereocenters. The van der Waals surface area contributed by atoms with Gasteiger partial charge in [-0.1, -0.05) is 0 Å². The van der Waals surface area contributed by atoms with Crippen molar-refractivity contribution in [1.29, 1.82) is 0 Å². The number of aromatic nitrogens is 3. The number of carbonyl (C=O) groups is 1. The Labute approximate surface area is 171 Å². The third-order valence-corrected chi connectivity index (χ3v) is 5.31. The maximum Gasteiger partial charge on any atom is 0.252 e. The second-order valence-corrected chi connectivity index (χ2v) is 7.72. The fraction of sp³-hybridized carbons (Fsp3) is 0.350. The summed E-state index contributed by atoms with van der Waals surface area (Å²) < 4.78 is 30.1. The van der Waals surface area contributed by atoms with E-state index in [1.807, 2.05) is 6.92 Å². The average Bonchev–Trinajstić information content (AvgIpc) is 3.47. The molecule has 1 aromatic carbocycles. The van der Waals surface area contributed by atoms with E-state index >= 15 is 0 Å². The number of nitrogens with one attached hydrogen (secondary N) is 2. The van der Waals surface area contributed by atoms with Crippen molar-refractivity contribution in [3.05, 3.63) is 41.6 Å². The molecule has 8 nitrogen and oxygen atoms in total. The monoisotopic (exact) mass is 415 g/mol. The highest BCUT2D eigenvalue weighted by Gasteiger charge is 2.34. The standard InChI is InChI=1S/C20H23F2N7O/c1-9(23)16(10-3-4-10)26-20-14(21)8-13(18(24)30)19(27-20)25-11-5-6-15-12(7-11)17(22)28-29(15)2/h5-10,16H,3-4,23H2,1-2H3,(H2,24,30)(H2,25,26,27)/t9-,16-/m0/s1. The number of fused-ring (bicyclic) bond motifs is 1. The van der Waals surface area contributed by atoms with Crippen LogP contribution in [0.1, 0.15) is 30.1 Å². The van der Waals surface area contributed by atoms with Gasteiger partial charge >= 0.3 is 0 Å². The number of anilines is 3. The van der Waals surface area contributed by atoms with E-state index in [0.29, 0.717) is 22.5 Å². The first-order chi connectivity index (χ1) is 14.2. The van der Waals surface area contributed by atoms with Crippen LogP contribution in [0.25, 0.3) is 10.9 Å². The highest BCUT2D eigenvalue weighted by molar-refractivity contribution is 5.99. The van der Waals surface area contributed by atoms with Gasteiger partial charge in [-0.25, -0.2) is 9.37 Å². The van der Waals surface area contributed by atoms with Crippen molar-refractivity contribution in [2.45, 2.75) is 31.8 Å². The van der Waals surface area contributed by atoms with Crippen LogP contribution >= 0.6 is 0 Å². The Hall–Kier alpha value is -3.27. The number of nitrogens with zero attached hydrogens (tertiary/aromatic N) is 3. The zero-order valence-corrected chi connectivity index (χ0v) is 16.6. The number of benzene rings is 1. The number of amides is 1. The van der Waals surface area contributed by atoms with Crippen LogP contribution in [0.5, 0.6) is 0 Å². The molecular formula is C20H23F2N7O. The number of primary amides is 1. The van der Waals surface area contributed by atoms with Crippen LogP contribution in [-0.2, 0) is 7.05 Å². The minimum absolute atomic E-state index is 0.0228. The lowest BCUT2D eigenvalue weighted by atomic mass is 10.1. The Balaban J connectivity index is 1.70. The Morgan fingerprint density at radius 2 is 2.00 bits per heavy atom. The van der Waals surface area contributed by atoms with Crippen LogP contribution < -0.4 is 22.1 Å². The van der Waals surface area contributed by atoms with Crippen molar-refractivity contribution < 1.29 is 13.6 Å². The normalized spacial score (nSPS) is 15.8. The van der Waals surface area contributed by atoms with E-state index in [9.17, 15) is 13.6 Å². The highest BCUT2D eigenvalue weighted by atomic mass is 19.1. The number of rotatable bonds is 7. The summed E-state index contributed by atoms with van der Waals surface area (Å²) in [7, 11) is 1.64. The van der Waals surface area contributed by atoms with Gasteiger partial charge in [0.05, 0.1) is 16.5 Å². The topological polar surface area (TPSA) is 124 Å². The zero-order chi connectivity index (χ0) is 21.6. The first kappa shape index (κ1) is 20.0. The van der Waals surface area contributed by atoms with Crippen LogP contribution in [0.3, 0.4) is 0 Å². The van der Waals surface area contributed by atoms with Crippen molar-refractivity contribution in [3.63, 3.8) is 0 Å². The third kappa shape index (κ3) is 3.78. The van der Waals surface area contributed by atoms with Gasteiger partial charge in [0.1, 0.15) is 5.82 Å². The van der Waals surface area contributed by atoms with Crippen molar-refractivity contribution in [1.82, 2.24) is 14.8 Å². The number of halogens is 2. The fourth-order valence-corrected chi connectivity index (χ4v) is 3.60. The average molecular weight is 415 g/mol. The molecule has 0 aliphatic heterocycles. The van der Waals surface area contributed by atoms with E-state index in [0.717, 1.165) is 18.9 Å².